The van der Waals surface area contributed by atoms with E-state index in [-0.39, 0.29) is 18.0 Å². The van der Waals surface area contributed by atoms with E-state index >= 15 is 0 Å². The highest BCUT2D eigenvalue weighted by atomic mass is 32.1. The van der Waals surface area contributed by atoms with Crippen LogP contribution in [-0.2, 0) is 19.1 Å². The molecular weight excluding hydrogens is 382 g/mol. The molecule has 0 saturated carbocycles. The molecule has 28 heavy (non-hydrogen) atoms. The van der Waals surface area contributed by atoms with Crippen molar-refractivity contribution in [3.05, 3.63) is 36.2 Å². The summed E-state index contributed by atoms with van der Waals surface area (Å²) in [5, 5.41) is 7.05. The fourth-order valence-electron chi connectivity index (χ4n) is 2.27. The van der Waals surface area contributed by atoms with Crippen LogP contribution in [0.3, 0.4) is 0 Å². The highest BCUT2D eigenvalue weighted by molar-refractivity contribution is 7.80. The van der Waals surface area contributed by atoms with Crippen LogP contribution >= 0.6 is 12.2 Å². The molecule has 0 saturated heterocycles. The largest absolute Gasteiger partial charge is 0.469 e. The quantitative estimate of drug-likeness (QED) is 0.306. The van der Waals surface area contributed by atoms with Gasteiger partial charge in [0, 0.05) is 6.42 Å². The molecule has 148 valence electrons. The Morgan fingerprint density at radius 1 is 1.21 bits per heavy atom. The van der Waals surface area contributed by atoms with E-state index in [0.717, 1.165) is 11.0 Å². The summed E-state index contributed by atoms with van der Waals surface area (Å²) in [5.74, 6) is -0.979. The molecule has 1 atom stereocenters. The van der Waals surface area contributed by atoms with E-state index < -0.39 is 18.0 Å². The van der Waals surface area contributed by atoms with Crippen LogP contribution in [0.15, 0.2) is 35.6 Å². The van der Waals surface area contributed by atoms with Crippen molar-refractivity contribution in [2.24, 2.45) is 5.10 Å². The topological polar surface area (TPSA) is 115 Å². The number of methoxy groups -OCH3 is 2. The smallest absolute Gasteiger partial charge is 0.328 e. The Hall–Kier alpha value is -3.14. The van der Waals surface area contributed by atoms with E-state index in [9.17, 15) is 9.59 Å². The lowest BCUT2D eigenvalue weighted by atomic mass is 10.1. The van der Waals surface area contributed by atoms with Crippen molar-refractivity contribution in [2.45, 2.75) is 25.8 Å². The number of hydrazone groups is 1. The molecule has 2 N–H and O–H groups in total. The lowest BCUT2D eigenvalue weighted by molar-refractivity contribution is -0.144. The average molecular weight is 403 g/mol. The SMILES string of the molecule is COC(=O)CCC(NC(=S)N/N=C(\C)c1cnc2ccccc2n1)C(=O)OC. The fourth-order valence-corrected chi connectivity index (χ4v) is 2.46. The Balaban J connectivity index is 2.00. The fraction of sp³-hybridized carbons (Fsp3) is 0.333. The Morgan fingerprint density at radius 3 is 2.61 bits per heavy atom. The van der Waals surface area contributed by atoms with Crippen molar-refractivity contribution in [3.8, 4) is 0 Å². The van der Waals surface area contributed by atoms with E-state index in [0.29, 0.717) is 11.4 Å². The minimum atomic E-state index is -0.805. The third-order valence-corrected chi connectivity index (χ3v) is 4.01. The van der Waals surface area contributed by atoms with Gasteiger partial charge in [-0.05, 0) is 37.7 Å². The summed E-state index contributed by atoms with van der Waals surface area (Å²) < 4.78 is 9.30. The molecule has 1 aromatic heterocycles. The maximum atomic E-state index is 11.9. The Morgan fingerprint density at radius 2 is 1.93 bits per heavy atom. The van der Waals surface area contributed by atoms with Gasteiger partial charge in [0.25, 0.3) is 0 Å². The van der Waals surface area contributed by atoms with Gasteiger partial charge in [0.2, 0.25) is 0 Å². The van der Waals surface area contributed by atoms with Gasteiger partial charge in [0.1, 0.15) is 11.7 Å². The van der Waals surface area contributed by atoms with Crippen LogP contribution < -0.4 is 10.7 Å². The second-order valence-electron chi connectivity index (χ2n) is 5.72. The summed E-state index contributed by atoms with van der Waals surface area (Å²) in [5.41, 5.74) is 5.35. The van der Waals surface area contributed by atoms with E-state index in [2.05, 4.69) is 30.5 Å². The van der Waals surface area contributed by atoms with Gasteiger partial charge < -0.3 is 14.8 Å². The predicted molar refractivity (Wildman–Crippen MR) is 108 cm³/mol. The summed E-state index contributed by atoms with van der Waals surface area (Å²) in [6.45, 7) is 1.75. The number of aromatic nitrogens is 2. The van der Waals surface area contributed by atoms with E-state index in [4.69, 9.17) is 17.0 Å². The minimum Gasteiger partial charge on any atom is -0.469 e. The van der Waals surface area contributed by atoms with E-state index in [1.54, 1.807) is 13.1 Å². The normalized spacial score (nSPS) is 12.2. The first kappa shape index (κ1) is 21.2. The molecule has 0 aliphatic rings. The summed E-state index contributed by atoms with van der Waals surface area (Å²) in [7, 11) is 2.54. The number of para-hydroxylation sites is 2. The Labute approximate surface area is 167 Å². The first-order valence-corrected chi connectivity index (χ1v) is 8.83. The van der Waals surface area contributed by atoms with Gasteiger partial charge in [-0.25, -0.2) is 9.78 Å². The molecule has 2 aromatic rings. The molecule has 9 nitrogen and oxygen atoms in total. The molecule has 0 aliphatic heterocycles. The zero-order valence-electron chi connectivity index (χ0n) is 15.8. The summed E-state index contributed by atoms with van der Waals surface area (Å²) in [6.07, 6.45) is 1.83. The molecule has 1 aromatic carbocycles. The van der Waals surface area contributed by atoms with Crippen molar-refractivity contribution in [2.75, 3.05) is 14.2 Å². The molecule has 0 spiro atoms. The molecule has 0 amide bonds. The second-order valence-corrected chi connectivity index (χ2v) is 6.13. The third kappa shape index (κ3) is 5.95. The molecule has 0 aliphatic carbocycles. The number of nitrogens with zero attached hydrogens (tertiary/aromatic N) is 3. The van der Waals surface area contributed by atoms with Gasteiger partial charge in [-0.1, -0.05) is 12.1 Å². The van der Waals surface area contributed by atoms with E-state index in [1.165, 1.54) is 14.2 Å². The maximum absolute atomic E-state index is 11.9. The molecule has 0 fully saturated rings. The molecule has 1 unspecified atom stereocenters. The standard InChI is InChI=1S/C18H21N5O4S/c1-11(15-10-19-12-6-4-5-7-13(12)20-15)22-23-18(28)21-14(17(25)27-3)8-9-16(24)26-2/h4-7,10,14H,8-9H2,1-3H3,(H2,21,23,28)/b22-11+. The van der Waals surface area contributed by atoms with Crippen molar-refractivity contribution in [1.82, 2.24) is 20.7 Å². The zero-order valence-corrected chi connectivity index (χ0v) is 16.6. The van der Waals surface area contributed by atoms with Crippen LogP contribution in [0, 0.1) is 0 Å². The van der Waals surface area contributed by atoms with Crippen molar-refractivity contribution < 1.29 is 19.1 Å². The second kappa shape index (κ2) is 10.3. The van der Waals surface area contributed by atoms with Gasteiger partial charge in [-0.15, -0.1) is 0 Å². The highest BCUT2D eigenvalue weighted by Crippen LogP contribution is 2.09. The van der Waals surface area contributed by atoms with E-state index in [1.807, 2.05) is 24.3 Å². The lowest BCUT2D eigenvalue weighted by Crippen LogP contribution is -2.45. The van der Waals surface area contributed by atoms with Crippen molar-refractivity contribution >= 4 is 46.0 Å². The Bertz CT molecular complexity index is 902. The first-order valence-electron chi connectivity index (χ1n) is 8.42. The molecular formula is C18H21N5O4S. The highest BCUT2D eigenvalue weighted by Gasteiger charge is 2.21. The number of ether oxygens (including phenoxy) is 2. The number of rotatable bonds is 7. The number of carbonyl (C=O) groups is 2. The average Bonchev–Trinajstić information content (AvgIpc) is 2.73. The van der Waals surface area contributed by atoms with Crippen molar-refractivity contribution in [3.63, 3.8) is 0 Å². The lowest BCUT2D eigenvalue weighted by Gasteiger charge is -2.17. The predicted octanol–water partition coefficient (Wildman–Crippen LogP) is 1.31. The molecule has 1 heterocycles. The number of esters is 2. The summed E-state index contributed by atoms with van der Waals surface area (Å²) in [4.78, 5) is 32.0. The van der Waals surface area contributed by atoms with Gasteiger partial charge >= 0.3 is 11.9 Å². The summed E-state index contributed by atoms with van der Waals surface area (Å²) in [6, 6.07) is 6.70. The van der Waals surface area contributed by atoms with Crippen LogP contribution in [0.1, 0.15) is 25.5 Å². The van der Waals surface area contributed by atoms with Gasteiger partial charge in [0.05, 0.1) is 37.2 Å². The molecule has 0 bridgehead atoms. The third-order valence-electron chi connectivity index (χ3n) is 3.80. The number of hydrogen-bond donors (Lipinski definition) is 2. The van der Waals surface area contributed by atoms with Crippen LogP contribution in [0.2, 0.25) is 0 Å². The van der Waals surface area contributed by atoms with Crippen LogP contribution in [0.4, 0.5) is 0 Å². The Kier molecular flexibility index (Phi) is 7.76. The summed E-state index contributed by atoms with van der Waals surface area (Å²) >= 11 is 5.16. The van der Waals surface area contributed by atoms with Crippen LogP contribution in [0.25, 0.3) is 11.0 Å². The molecule has 10 heteroatoms. The van der Waals surface area contributed by atoms with Crippen molar-refractivity contribution in [1.29, 1.82) is 0 Å². The maximum Gasteiger partial charge on any atom is 0.328 e. The molecule has 2 rings (SSSR count). The number of nitrogens with one attached hydrogen (secondary N) is 2. The number of thiocarbonyl (C=S) groups is 1. The minimum absolute atomic E-state index is 0.0425. The van der Waals surface area contributed by atoms with Crippen LogP contribution in [0.5, 0.6) is 0 Å². The number of hydrogen-bond acceptors (Lipinski definition) is 8. The van der Waals surface area contributed by atoms with Gasteiger partial charge in [-0.2, -0.15) is 5.10 Å². The number of fused-ring (bicyclic) bond motifs is 1. The van der Waals surface area contributed by atoms with Gasteiger partial charge in [0.15, 0.2) is 5.11 Å². The zero-order chi connectivity index (χ0) is 20.5. The van der Waals surface area contributed by atoms with Crippen LogP contribution in [-0.4, -0.2) is 53.0 Å². The number of carbonyl (C=O) groups excluding carboxylic acids is 2. The molecule has 0 radical (unpaired) electrons. The first-order chi connectivity index (χ1) is 13.4. The monoisotopic (exact) mass is 403 g/mol. The number of benzene rings is 1. The van der Waals surface area contributed by atoms with Gasteiger partial charge in [-0.3, -0.25) is 15.2 Å².